The summed E-state index contributed by atoms with van der Waals surface area (Å²) in [6, 6.07) is 9.81. The molecule has 0 amide bonds. The minimum Gasteiger partial charge on any atom is -0.508 e. The first-order chi connectivity index (χ1) is 12.5. The van der Waals surface area contributed by atoms with Crippen LogP contribution in [0.4, 0.5) is 0 Å². The van der Waals surface area contributed by atoms with Gasteiger partial charge in [-0.1, -0.05) is 18.2 Å². The van der Waals surface area contributed by atoms with Crippen LogP contribution in [0, 0.1) is 0 Å². The number of methoxy groups -OCH3 is 2. The lowest BCUT2D eigenvalue weighted by Crippen LogP contribution is -2.00. The minimum atomic E-state index is -0.508. The fraction of sp³-hybridized carbons (Fsp3) is 0.150. The van der Waals surface area contributed by atoms with E-state index in [0.29, 0.717) is 5.56 Å². The highest BCUT2D eigenvalue weighted by Gasteiger charge is 2.10. The Balaban J connectivity index is 1.92. The lowest BCUT2D eigenvalue weighted by atomic mass is 10.1. The van der Waals surface area contributed by atoms with Crippen molar-refractivity contribution in [3.05, 3.63) is 59.7 Å². The van der Waals surface area contributed by atoms with Gasteiger partial charge in [-0.25, -0.2) is 4.79 Å². The van der Waals surface area contributed by atoms with E-state index in [1.165, 1.54) is 26.4 Å². The Bertz CT molecular complexity index is 781. The normalized spacial score (nSPS) is 11.0. The number of carbonyl (C=O) groups is 1. The molecule has 0 heterocycles. The fourth-order valence-electron chi connectivity index (χ4n) is 2.12. The zero-order valence-electron chi connectivity index (χ0n) is 14.5. The van der Waals surface area contributed by atoms with Gasteiger partial charge < -0.3 is 24.4 Å². The number of hydrogen-bond donors (Lipinski definition) is 2. The number of phenols is 2. The zero-order valence-corrected chi connectivity index (χ0v) is 14.5. The van der Waals surface area contributed by atoms with Crippen LogP contribution in [0.25, 0.3) is 12.2 Å². The van der Waals surface area contributed by atoms with Crippen molar-refractivity contribution in [2.24, 2.45) is 0 Å². The first-order valence-electron chi connectivity index (χ1n) is 7.79. The Kier molecular flexibility index (Phi) is 6.68. The number of rotatable bonds is 7. The van der Waals surface area contributed by atoms with Crippen LogP contribution in [0.15, 0.2) is 48.6 Å². The molecular weight excluding hydrogens is 336 g/mol. The number of carbonyl (C=O) groups excluding carboxylic acids is 1. The van der Waals surface area contributed by atoms with Crippen LogP contribution in [0.1, 0.15) is 11.1 Å². The SMILES string of the molecule is COc1cc(/C=C/C(=O)OC/C=C/c2ccc(O)cc2)cc(OC)c1O. The summed E-state index contributed by atoms with van der Waals surface area (Å²) in [6.45, 7) is 0.117. The molecule has 0 spiro atoms. The molecule has 2 N–H and O–H groups in total. The fourth-order valence-corrected chi connectivity index (χ4v) is 2.12. The molecule has 0 bridgehead atoms. The minimum absolute atomic E-state index is 0.103. The van der Waals surface area contributed by atoms with Crippen molar-refractivity contribution in [3.63, 3.8) is 0 Å². The summed E-state index contributed by atoms with van der Waals surface area (Å²) in [5.74, 6) is 0.0741. The summed E-state index contributed by atoms with van der Waals surface area (Å²) >= 11 is 0. The Labute approximate surface area is 151 Å². The number of ether oxygens (including phenoxy) is 3. The van der Waals surface area contributed by atoms with Crippen molar-refractivity contribution in [1.82, 2.24) is 0 Å². The molecule has 0 fully saturated rings. The third-order valence-corrected chi connectivity index (χ3v) is 3.44. The molecule has 0 aliphatic carbocycles. The van der Waals surface area contributed by atoms with Crippen molar-refractivity contribution in [3.8, 4) is 23.0 Å². The molecule has 0 atom stereocenters. The second kappa shape index (κ2) is 9.17. The van der Waals surface area contributed by atoms with E-state index in [2.05, 4.69) is 0 Å². The van der Waals surface area contributed by atoms with Gasteiger partial charge >= 0.3 is 5.97 Å². The molecule has 0 aromatic heterocycles. The molecule has 0 saturated carbocycles. The molecule has 26 heavy (non-hydrogen) atoms. The molecule has 0 unspecified atom stereocenters. The van der Waals surface area contributed by atoms with Gasteiger partial charge in [0, 0.05) is 6.08 Å². The highest BCUT2D eigenvalue weighted by atomic mass is 16.5. The molecular formula is C20H20O6. The van der Waals surface area contributed by atoms with E-state index in [1.807, 2.05) is 0 Å². The maximum atomic E-state index is 11.8. The Morgan fingerprint density at radius 2 is 1.58 bits per heavy atom. The molecule has 6 heteroatoms. The second-order valence-corrected chi connectivity index (χ2v) is 5.23. The maximum absolute atomic E-state index is 11.8. The topological polar surface area (TPSA) is 85.2 Å². The van der Waals surface area contributed by atoms with Crippen molar-refractivity contribution in [2.75, 3.05) is 20.8 Å². The summed E-state index contributed by atoms with van der Waals surface area (Å²) in [4.78, 5) is 11.8. The molecule has 136 valence electrons. The molecule has 2 aromatic carbocycles. The van der Waals surface area contributed by atoms with Crippen molar-refractivity contribution in [2.45, 2.75) is 0 Å². The van der Waals surface area contributed by atoms with Crippen LogP contribution >= 0.6 is 0 Å². The summed E-state index contributed by atoms with van der Waals surface area (Å²) in [5, 5.41) is 19.1. The van der Waals surface area contributed by atoms with Gasteiger partial charge in [0.1, 0.15) is 12.4 Å². The van der Waals surface area contributed by atoms with E-state index in [1.54, 1.807) is 48.6 Å². The summed E-state index contributed by atoms with van der Waals surface area (Å²) < 4.78 is 15.2. The smallest absolute Gasteiger partial charge is 0.331 e. The Hall–Kier alpha value is -3.41. The monoisotopic (exact) mass is 356 g/mol. The molecule has 0 aliphatic heterocycles. The van der Waals surface area contributed by atoms with Crippen LogP contribution < -0.4 is 9.47 Å². The Morgan fingerprint density at radius 3 is 2.15 bits per heavy atom. The maximum Gasteiger partial charge on any atom is 0.331 e. The van der Waals surface area contributed by atoms with E-state index in [9.17, 15) is 15.0 Å². The van der Waals surface area contributed by atoms with E-state index in [-0.39, 0.29) is 29.6 Å². The van der Waals surface area contributed by atoms with E-state index in [4.69, 9.17) is 14.2 Å². The molecule has 2 rings (SSSR count). The van der Waals surface area contributed by atoms with Crippen molar-refractivity contribution >= 4 is 18.1 Å². The number of phenolic OH excluding ortho intramolecular Hbond substituents is 2. The van der Waals surface area contributed by atoms with Crippen LogP contribution in [0.5, 0.6) is 23.0 Å². The second-order valence-electron chi connectivity index (χ2n) is 5.23. The summed E-state index contributed by atoms with van der Waals surface area (Å²) in [5.41, 5.74) is 1.51. The third kappa shape index (κ3) is 5.31. The lowest BCUT2D eigenvalue weighted by molar-refractivity contribution is -0.136. The molecule has 6 nitrogen and oxygen atoms in total. The molecule has 0 saturated heterocycles. The van der Waals surface area contributed by atoms with Crippen LogP contribution in [-0.2, 0) is 9.53 Å². The van der Waals surface area contributed by atoms with Gasteiger partial charge in [0.15, 0.2) is 11.5 Å². The first-order valence-corrected chi connectivity index (χ1v) is 7.79. The highest BCUT2D eigenvalue weighted by Crippen LogP contribution is 2.37. The predicted molar refractivity (Wildman–Crippen MR) is 98.3 cm³/mol. The first kappa shape index (κ1) is 18.9. The van der Waals surface area contributed by atoms with Crippen molar-refractivity contribution in [1.29, 1.82) is 0 Å². The molecule has 2 aromatic rings. The van der Waals surface area contributed by atoms with Gasteiger partial charge in [-0.15, -0.1) is 0 Å². The quantitative estimate of drug-likeness (QED) is 0.584. The number of esters is 1. The van der Waals surface area contributed by atoms with Gasteiger partial charge in [-0.05, 0) is 47.5 Å². The van der Waals surface area contributed by atoms with Gasteiger partial charge in [0.05, 0.1) is 14.2 Å². The van der Waals surface area contributed by atoms with Gasteiger partial charge in [-0.2, -0.15) is 0 Å². The van der Waals surface area contributed by atoms with Crippen LogP contribution in [0.3, 0.4) is 0 Å². The average Bonchev–Trinajstić information content (AvgIpc) is 2.65. The number of aromatic hydroxyl groups is 2. The molecule has 0 aliphatic rings. The number of benzene rings is 2. The van der Waals surface area contributed by atoms with Gasteiger partial charge in [0.25, 0.3) is 0 Å². The van der Waals surface area contributed by atoms with Gasteiger partial charge in [-0.3, -0.25) is 0 Å². The zero-order chi connectivity index (χ0) is 18.9. The predicted octanol–water partition coefficient (Wildman–Crippen LogP) is 3.38. The van der Waals surface area contributed by atoms with Crippen LogP contribution in [-0.4, -0.2) is 37.0 Å². The standard InChI is InChI=1S/C20H20O6/c1-24-17-12-15(13-18(25-2)20(17)23)7-10-19(22)26-11-3-4-14-5-8-16(21)9-6-14/h3-10,12-13,21,23H,11H2,1-2H3/b4-3+,10-7+. The number of hydrogen-bond acceptors (Lipinski definition) is 6. The summed E-state index contributed by atoms with van der Waals surface area (Å²) in [6.07, 6.45) is 6.30. The molecule has 0 radical (unpaired) electrons. The lowest BCUT2D eigenvalue weighted by Gasteiger charge is -2.09. The average molecular weight is 356 g/mol. The third-order valence-electron chi connectivity index (χ3n) is 3.44. The van der Waals surface area contributed by atoms with Gasteiger partial charge in [0.2, 0.25) is 5.75 Å². The van der Waals surface area contributed by atoms with Crippen molar-refractivity contribution < 1.29 is 29.2 Å². The highest BCUT2D eigenvalue weighted by molar-refractivity contribution is 5.87. The largest absolute Gasteiger partial charge is 0.508 e. The summed E-state index contributed by atoms with van der Waals surface area (Å²) in [7, 11) is 2.85. The Morgan fingerprint density at radius 1 is 0.962 bits per heavy atom. The van der Waals surface area contributed by atoms with E-state index < -0.39 is 5.97 Å². The van der Waals surface area contributed by atoms with Crippen LogP contribution in [0.2, 0.25) is 0 Å². The van der Waals surface area contributed by atoms with E-state index >= 15 is 0 Å². The van der Waals surface area contributed by atoms with E-state index in [0.717, 1.165) is 5.56 Å².